The van der Waals surface area contributed by atoms with Crippen molar-refractivity contribution in [3.8, 4) is 11.8 Å². The van der Waals surface area contributed by atoms with E-state index in [0.717, 1.165) is 18.4 Å². The quantitative estimate of drug-likeness (QED) is 0.846. The molecule has 0 radical (unpaired) electrons. The summed E-state index contributed by atoms with van der Waals surface area (Å²) in [5, 5.41) is 0. The number of hydrogen-bond acceptors (Lipinski definition) is 3. The van der Waals surface area contributed by atoms with Crippen molar-refractivity contribution in [1.82, 2.24) is 4.31 Å². The van der Waals surface area contributed by atoms with Gasteiger partial charge in [0.25, 0.3) is 0 Å². The van der Waals surface area contributed by atoms with Crippen molar-refractivity contribution in [2.45, 2.75) is 31.6 Å². The molecule has 2 N–H and O–H groups in total. The average molecular weight is 306 g/mol. The topological polar surface area (TPSA) is 63.4 Å². The molecule has 2 rings (SSSR count). The minimum absolute atomic E-state index is 0.217. The fraction of sp³-hybridized carbons (Fsp3) is 0.500. The minimum atomic E-state index is -3.47. The van der Waals surface area contributed by atoms with Crippen LogP contribution in [0.5, 0.6) is 0 Å². The van der Waals surface area contributed by atoms with Gasteiger partial charge in [0.2, 0.25) is 10.0 Å². The van der Waals surface area contributed by atoms with Gasteiger partial charge in [0, 0.05) is 18.7 Å². The molecule has 1 aliphatic heterocycles. The minimum Gasteiger partial charge on any atom is -0.320 e. The van der Waals surface area contributed by atoms with Crippen LogP contribution in [0.2, 0.25) is 0 Å². The Balaban J connectivity index is 2.40. The molecule has 0 saturated carbocycles. The first-order valence-electron chi connectivity index (χ1n) is 7.25. The van der Waals surface area contributed by atoms with E-state index in [0.29, 0.717) is 29.5 Å². The van der Waals surface area contributed by atoms with Crippen molar-refractivity contribution in [2.24, 2.45) is 11.7 Å². The highest BCUT2D eigenvalue weighted by Crippen LogP contribution is 2.25. The lowest BCUT2D eigenvalue weighted by molar-refractivity contribution is 0.288. The van der Waals surface area contributed by atoms with E-state index in [1.54, 1.807) is 10.4 Å². The molecule has 0 bridgehead atoms. The van der Waals surface area contributed by atoms with E-state index in [2.05, 4.69) is 18.8 Å². The predicted molar refractivity (Wildman–Crippen MR) is 84.3 cm³/mol. The molecule has 0 spiro atoms. The van der Waals surface area contributed by atoms with Crippen LogP contribution < -0.4 is 5.73 Å². The molecule has 0 unspecified atom stereocenters. The van der Waals surface area contributed by atoms with Crippen molar-refractivity contribution in [3.63, 3.8) is 0 Å². The fourth-order valence-electron chi connectivity index (χ4n) is 2.48. The maximum atomic E-state index is 12.8. The Morgan fingerprint density at radius 1 is 1.33 bits per heavy atom. The van der Waals surface area contributed by atoms with E-state index in [1.807, 2.05) is 19.1 Å². The van der Waals surface area contributed by atoms with Crippen LogP contribution in [0.1, 0.15) is 30.9 Å². The largest absolute Gasteiger partial charge is 0.320 e. The first-order valence-corrected chi connectivity index (χ1v) is 8.69. The molecule has 1 aromatic rings. The first-order chi connectivity index (χ1) is 9.95. The van der Waals surface area contributed by atoms with E-state index in [1.165, 1.54) is 0 Å². The molecule has 1 saturated heterocycles. The molecule has 1 fully saturated rings. The second kappa shape index (κ2) is 6.61. The van der Waals surface area contributed by atoms with Gasteiger partial charge in [0.05, 0.1) is 11.4 Å². The van der Waals surface area contributed by atoms with Crippen LogP contribution in [0.25, 0.3) is 0 Å². The van der Waals surface area contributed by atoms with E-state index >= 15 is 0 Å². The second-order valence-electron chi connectivity index (χ2n) is 5.59. The number of hydrogen-bond donors (Lipinski definition) is 1. The highest BCUT2D eigenvalue weighted by atomic mass is 32.2. The van der Waals surface area contributed by atoms with Crippen molar-refractivity contribution in [2.75, 3.05) is 19.6 Å². The van der Waals surface area contributed by atoms with Gasteiger partial charge in [-0.25, -0.2) is 8.42 Å². The first kappa shape index (κ1) is 16.0. The summed E-state index contributed by atoms with van der Waals surface area (Å²) in [7, 11) is -3.47. The molecule has 1 aromatic carbocycles. The lowest BCUT2D eigenvalue weighted by Crippen LogP contribution is -2.38. The summed E-state index contributed by atoms with van der Waals surface area (Å²) in [5.41, 5.74) is 6.93. The summed E-state index contributed by atoms with van der Waals surface area (Å²) < 4.78 is 27.2. The van der Waals surface area contributed by atoms with Crippen LogP contribution >= 0.6 is 0 Å². The summed E-state index contributed by atoms with van der Waals surface area (Å²) in [6, 6.07) is 5.28. The summed E-state index contributed by atoms with van der Waals surface area (Å²) >= 11 is 0. The maximum Gasteiger partial charge on any atom is 0.244 e. The Hall–Kier alpha value is -1.35. The van der Waals surface area contributed by atoms with Crippen molar-refractivity contribution in [3.05, 3.63) is 29.3 Å². The molecule has 4 nitrogen and oxygen atoms in total. The molecule has 1 aliphatic rings. The van der Waals surface area contributed by atoms with E-state index in [4.69, 9.17) is 5.73 Å². The van der Waals surface area contributed by atoms with Crippen molar-refractivity contribution >= 4 is 10.0 Å². The lowest BCUT2D eigenvalue weighted by atomic mass is 10.0. The Morgan fingerprint density at radius 3 is 2.62 bits per heavy atom. The summed E-state index contributed by atoms with van der Waals surface area (Å²) in [6.45, 7) is 5.47. The van der Waals surface area contributed by atoms with Gasteiger partial charge in [-0.05, 0) is 43.4 Å². The van der Waals surface area contributed by atoms with Crippen LogP contribution in [0, 0.1) is 24.7 Å². The zero-order valence-corrected chi connectivity index (χ0v) is 13.4. The molecule has 0 amide bonds. The molecular weight excluding hydrogens is 284 g/mol. The van der Waals surface area contributed by atoms with Gasteiger partial charge in [-0.2, -0.15) is 4.31 Å². The van der Waals surface area contributed by atoms with Crippen LogP contribution in [0.15, 0.2) is 23.1 Å². The maximum absolute atomic E-state index is 12.8. The zero-order valence-electron chi connectivity index (χ0n) is 12.6. The van der Waals surface area contributed by atoms with Gasteiger partial charge >= 0.3 is 0 Å². The number of benzene rings is 1. The van der Waals surface area contributed by atoms with Crippen molar-refractivity contribution in [1.29, 1.82) is 0 Å². The van der Waals surface area contributed by atoms with Gasteiger partial charge in [-0.15, -0.1) is 0 Å². The van der Waals surface area contributed by atoms with Gasteiger partial charge in [-0.1, -0.05) is 24.8 Å². The third-order valence-corrected chi connectivity index (χ3v) is 5.78. The third-order valence-electron chi connectivity index (χ3n) is 3.82. The molecule has 114 valence electrons. The summed E-state index contributed by atoms with van der Waals surface area (Å²) in [4.78, 5) is 0.295. The van der Waals surface area contributed by atoms with Gasteiger partial charge in [0.1, 0.15) is 0 Å². The monoisotopic (exact) mass is 306 g/mol. The Kier molecular flexibility index (Phi) is 5.04. The predicted octanol–water partition coefficient (Wildman–Crippen LogP) is 1.73. The fourth-order valence-corrected chi connectivity index (χ4v) is 4.07. The van der Waals surface area contributed by atoms with E-state index in [9.17, 15) is 8.42 Å². The average Bonchev–Trinajstić information content (AvgIpc) is 2.45. The van der Waals surface area contributed by atoms with Crippen molar-refractivity contribution < 1.29 is 8.42 Å². The number of piperidine rings is 1. The SMILES string of the molecule is Cc1ccc(S(=O)(=O)N2CCC(C)CC2)c(C#CCN)c1. The van der Waals surface area contributed by atoms with Crippen LogP contribution in [-0.4, -0.2) is 32.4 Å². The smallest absolute Gasteiger partial charge is 0.244 e. The number of aryl methyl sites for hydroxylation is 1. The molecule has 21 heavy (non-hydrogen) atoms. The Bertz CT molecular complexity index is 663. The molecule has 0 atom stereocenters. The third kappa shape index (κ3) is 3.65. The van der Waals surface area contributed by atoms with E-state index < -0.39 is 10.0 Å². The Labute approximate surface area is 127 Å². The Morgan fingerprint density at radius 2 is 2.00 bits per heavy atom. The molecule has 1 heterocycles. The normalized spacial score (nSPS) is 17.3. The van der Waals surface area contributed by atoms with Crippen LogP contribution in [0.4, 0.5) is 0 Å². The van der Waals surface area contributed by atoms with Crippen LogP contribution in [0.3, 0.4) is 0 Å². The highest BCUT2D eigenvalue weighted by Gasteiger charge is 2.29. The zero-order chi connectivity index (χ0) is 15.5. The molecular formula is C16H22N2O2S. The summed E-state index contributed by atoms with van der Waals surface area (Å²) in [5.74, 6) is 6.22. The van der Waals surface area contributed by atoms with Gasteiger partial charge < -0.3 is 5.73 Å². The number of sulfonamides is 1. The van der Waals surface area contributed by atoms with E-state index in [-0.39, 0.29) is 6.54 Å². The molecule has 0 aromatic heterocycles. The number of nitrogens with two attached hydrogens (primary N) is 1. The lowest BCUT2D eigenvalue weighted by Gasteiger charge is -2.29. The standard InChI is InChI=1S/C16H22N2O2S/c1-13-7-10-18(11-8-13)21(19,20)16-6-5-14(2)12-15(16)4-3-9-17/h5-6,12-13H,7-11,17H2,1-2H3. The van der Waals surface area contributed by atoms with Gasteiger partial charge in [0.15, 0.2) is 0 Å². The summed E-state index contributed by atoms with van der Waals surface area (Å²) in [6.07, 6.45) is 1.82. The van der Waals surface area contributed by atoms with Gasteiger partial charge in [-0.3, -0.25) is 0 Å². The van der Waals surface area contributed by atoms with Crippen LogP contribution in [-0.2, 0) is 10.0 Å². The molecule has 0 aliphatic carbocycles. The number of rotatable bonds is 2. The molecule has 5 heteroatoms. The number of nitrogens with zero attached hydrogens (tertiary/aromatic N) is 1. The second-order valence-corrected chi connectivity index (χ2v) is 7.50. The highest BCUT2D eigenvalue weighted by molar-refractivity contribution is 7.89.